The number of nitrogens with one attached hydrogen (secondary N) is 1. The van der Waals surface area contributed by atoms with Crippen LogP contribution in [0.15, 0.2) is 30.5 Å². The lowest BCUT2D eigenvalue weighted by molar-refractivity contribution is -0.154. The molecule has 24 heavy (non-hydrogen) atoms. The average Bonchev–Trinajstić information content (AvgIpc) is 2.53. The van der Waals surface area contributed by atoms with Crippen molar-refractivity contribution in [3.63, 3.8) is 0 Å². The number of benzene rings is 1. The SMILES string of the molecule is COc1ccc(Nc2nc(OCC(F)(F)F)cnc2C(=O)O)cc1. The number of aromatic carboxylic acids is 1. The van der Waals surface area contributed by atoms with Crippen molar-refractivity contribution in [3.05, 3.63) is 36.2 Å². The van der Waals surface area contributed by atoms with E-state index in [-0.39, 0.29) is 5.82 Å². The number of ether oxygens (including phenoxy) is 2. The van der Waals surface area contributed by atoms with E-state index in [1.165, 1.54) is 7.11 Å². The lowest BCUT2D eigenvalue weighted by Crippen LogP contribution is -2.20. The first-order valence-electron chi connectivity index (χ1n) is 6.49. The van der Waals surface area contributed by atoms with Gasteiger partial charge in [-0.25, -0.2) is 9.78 Å². The highest BCUT2D eigenvalue weighted by atomic mass is 19.4. The van der Waals surface area contributed by atoms with Crippen LogP contribution in [-0.2, 0) is 0 Å². The van der Waals surface area contributed by atoms with Gasteiger partial charge in [0.1, 0.15) is 5.75 Å². The number of carboxylic acid groups (broad SMARTS) is 1. The minimum Gasteiger partial charge on any atom is -0.497 e. The summed E-state index contributed by atoms with van der Waals surface area (Å²) in [5, 5.41) is 11.8. The van der Waals surface area contributed by atoms with Gasteiger partial charge in [-0.05, 0) is 24.3 Å². The van der Waals surface area contributed by atoms with Crippen LogP contribution in [0, 0.1) is 0 Å². The third kappa shape index (κ3) is 4.73. The van der Waals surface area contributed by atoms with E-state index in [2.05, 4.69) is 20.0 Å². The van der Waals surface area contributed by atoms with Gasteiger partial charge in [-0.3, -0.25) is 0 Å². The van der Waals surface area contributed by atoms with Gasteiger partial charge in [0.15, 0.2) is 18.1 Å². The van der Waals surface area contributed by atoms with E-state index < -0.39 is 30.3 Å². The van der Waals surface area contributed by atoms with Crippen LogP contribution >= 0.6 is 0 Å². The summed E-state index contributed by atoms with van der Waals surface area (Å²) in [6, 6.07) is 6.38. The monoisotopic (exact) mass is 343 g/mol. The molecule has 0 saturated carbocycles. The molecule has 0 bridgehead atoms. The molecule has 2 rings (SSSR count). The standard InChI is InChI=1S/C14H12F3N3O4/c1-23-9-4-2-8(3-5-9)19-12-11(13(21)22)18-6-10(20-12)24-7-14(15,16)17/h2-6H,7H2,1H3,(H,19,20)(H,21,22). The molecule has 0 aliphatic rings. The molecule has 0 unspecified atom stereocenters. The van der Waals surface area contributed by atoms with Gasteiger partial charge in [0.05, 0.1) is 13.3 Å². The van der Waals surface area contributed by atoms with E-state index in [4.69, 9.17) is 9.84 Å². The van der Waals surface area contributed by atoms with Gasteiger partial charge in [0, 0.05) is 5.69 Å². The molecule has 0 saturated heterocycles. The van der Waals surface area contributed by atoms with Crippen LogP contribution in [0.4, 0.5) is 24.7 Å². The van der Waals surface area contributed by atoms with Crippen molar-refractivity contribution in [2.45, 2.75) is 6.18 Å². The quantitative estimate of drug-likeness (QED) is 0.833. The highest BCUT2D eigenvalue weighted by Crippen LogP contribution is 2.23. The zero-order valence-corrected chi connectivity index (χ0v) is 12.3. The molecule has 0 atom stereocenters. The normalized spacial score (nSPS) is 11.0. The van der Waals surface area contributed by atoms with Crippen LogP contribution in [0.3, 0.4) is 0 Å². The molecule has 1 aromatic carbocycles. The van der Waals surface area contributed by atoms with Crippen LogP contribution < -0.4 is 14.8 Å². The van der Waals surface area contributed by atoms with Crippen LogP contribution in [0.2, 0.25) is 0 Å². The van der Waals surface area contributed by atoms with Crippen molar-refractivity contribution in [2.24, 2.45) is 0 Å². The minimum atomic E-state index is -4.54. The molecule has 0 radical (unpaired) electrons. The molecule has 0 aliphatic heterocycles. The Kier molecular flexibility index (Phi) is 5.07. The number of carbonyl (C=O) groups is 1. The van der Waals surface area contributed by atoms with E-state index >= 15 is 0 Å². The van der Waals surface area contributed by atoms with Crippen molar-refractivity contribution in [3.8, 4) is 11.6 Å². The summed E-state index contributed by atoms with van der Waals surface area (Å²) in [4.78, 5) is 18.5. The molecule has 0 spiro atoms. The maximum Gasteiger partial charge on any atom is 0.422 e. The summed E-state index contributed by atoms with van der Waals surface area (Å²) in [7, 11) is 1.48. The fourth-order valence-corrected chi connectivity index (χ4v) is 1.65. The number of hydrogen-bond donors (Lipinski definition) is 2. The van der Waals surface area contributed by atoms with Crippen molar-refractivity contribution in [2.75, 3.05) is 19.0 Å². The lowest BCUT2D eigenvalue weighted by atomic mass is 10.3. The largest absolute Gasteiger partial charge is 0.497 e. The van der Waals surface area contributed by atoms with Gasteiger partial charge in [0.2, 0.25) is 5.88 Å². The van der Waals surface area contributed by atoms with Crippen LogP contribution in [-0.4, -0.2) is 40.9 Å². The number of alkyl halides is 3. The number of halogens is 3. The van der Waals surface area contributed by atoms with Gasteiger partial charge in [-0.1, -0.05) is 0 Å². The summed E-state index contributed by atoms with van der Waals surface area (Å²) in [6.45, 7) is -1.56. The topological polar surface area (TPSA) is 93.6 Å². The smallest absolute Gasteiger partial charge is 0.422 e. The molecule has 0 aliphatic carbocycles. The molecule has 10 heteroatoms. The van der Waals surface area contributed by atoms with E-state index in [0.29, 0.717) is 11.4 Å². The third-order valence-electron chi connectivity index (χ3n) is 2.69. The van der Waals surface area contributed by atoms with Gasteiger partial charge in [-0.15, -0.1) is 0 Å². The highest BCUT2D eigenvalue weighted by molar-refractivity contribution is 5.91. The van der Waals surface area contributed by atoms with Crippen LogP contribution in [0.25, 0.3) is 0 Å². The number of aromatic nitrogens is 2. The fourth-order valence-electron chi connectivity index (χ4n) is 1.65. The Hall–Kier alpha value is -3.04. The molecule has 128 valence electrons. The highest BCUT2D eigenvalue weighted by Gasteiger charge is 2.29. The Morgan fingerprint density at radius 1 is 1.29 bits per heavy atom. The third-order valence-corrected chi connectivity index (χ3v) is 2.69. The summed E-state index contributed by atoms with van der Waals surface area (Å²) >= 11 is 0. The minimum absolute atomic E-state index is 0.243. The molecule has 1 heterocycles. The first-order valence-corrected chi connectivity index (χ1v) is 6.49. The van der Waals surface area contributed by atoms with Gasteiger partial charge >= 0.3 is 12.1 Å². The van der Waals surface area contributed by atoms with Crippen LogP contribution in [0.5, 0.6) is 11.6 Å². The van der Waals surface area contributed by atoms with Gasteiger partial charge in [-0.2, -0.15) is 18.2 Å². The molecule has 1 aromatic heterocycles. The summed E-state index contributed by atoms with van der Waals surface area (Å²) in [6.07, 6.45) is -3.73. The van der Waals surface area contributed by atoms with Gasteiger partial charge in [0.25, 0.3) is 0 Å². The Morgan fingerprint density at radius 3 is 2.50 bits per heavy atom. The molecule has 7 nitrogen and oxygen atoms in total. The number of rotatable bonds is 6. The molecular formula is C14H12F3N3O4. The van der Waals surface area contributed by atoms with Crippen molar-refractivity contribution in [1.29, 1.82) is 0 Å². The zero-order valence-electron chi connectivity index (χ0n) is 12.3. The number of hydrogen-bond acceptors (Lipinski definition) is 6. The predicted molar refractivity (Wildman–Crippen MR) is 76.8 cm³/mol. The van der Waals surface area contributed by atoms with E-state index in [1.54, 1.807) is 24.3 Å². The van der Waals surface area contributed by atoms with Crippen LogP contribution in [0.1, 0.15) is 10.5 Å². The fraction of sp³-hybridized carbons (Fsp3) is 0.214. The Balaban J connectivity index is 2.25. The molecule has 0 fully saturated rings. The summed E-state index contributed by atoms with van der Waals surface area (Å²) < 4.78 is 46.0. The molecule has 0 amide bonds. The average molecular weight is 343 g/mol. The predicted octanol–water partition coefficient (Wildman–Crippen LogP) is 2.87. The zero-order chi connectivity index (χ0) is 17.7. The Labute approximate surface area is 134 Å². The Bertz CT molecular complexity index is 720. The molecule has 2 N–H and O–H groups in total. The maximum absolute atomic E-state index is 12.2. The number of methoxy groups -OCH3 is 1. The number of nitrogens with zero attached hydrogens (tertiary/aromatic N) is 2. The lowest BCUT2D eigenvalue weighted by Gasteiger charge is -2.12. The number of carboxylic acids is 1. The second kappa shape index (κ2) is 7.02. The second-order valence-electron chi connectivity index (χ2n) is 4.47. The number of anilines is 2. The van der Waals surface area contributed by atoms with Crippen molar-refractivity contribution in [1.82, 2.24) is 9.97 Å². The van der Waals surface area contributed by atoms with E-state index in [1.807, 2.05) is 0 Å². The molecular weight excluding hydrogens is 331 g/mol. The second-order valence-corrected chi connectivity index (χ2v) is 4.47. The maximum atomic E-state index is 12.2. The summed E-state index contributed by atoms with van der Waals surface area (Å²) in [5.41, 5.74) is -0.00857. The van der Waals surface area contributed by atoms with Crippen molar-refractivity contribution >= 4 is 17.5 Å². The Morgan fingerprint density at radius 2 is 1.96 bits per heavy atom. The van der Waals surface area contributed by atoms with Crippen molar-refractivity contribution < 1.29 is 32.5 Å². The van der Waals surface area contributed by atoms with E-state index in [9.17, 15) is 18.0 Å². The first-order chi connectivity index (χ1) is 11.3. The van der Waals surface area contributed by atoms with Gasteiger partial charge < -0.3 is 19.9 Å². The summed E-state index contributed by atoms with van der Waals surface area (Å²) in [5.74, 6) is -1.51. The first kappa shape index (κ1) is 17.3. The van der Waals surface area contributed by atoms with E-state index in [0.717, 1.165) is 6.20 Å². The molecule has 2 aromatic rings.